The first-order valence-electron chi connectivity index (χ1n) is 7.00. The van der Waals surface area contributed by atoms with E-state index in [9.17, 15) is 9.90 Å². The number of hydrogen-bond donors (Lipinski definition) is 3. The van der Waals surface area contributed by atoms with Crippen LogP contribution in [-0.2, 0) is 0 Å². The molecular formula is C17H19ClN2O2. The number of aliphatic hydroxyl groups is 1. The van der Waals surface area contributed by atoms with E-state index < -0.39 is 6.04 Å². The number of nitrogens with one attached hydrogen (secondary N) is 2. The summed E-state index contributed by atoms with van der Waals surface area (Å²) >= 11 is 5.84. The van der Waals surface area contributed by atoms with Gasteiger partial charge in [-0.1, -0.05) is 41.4 Å². The van der Waals surface area contributed by atoms with Crippen molar-refractivity contribution in [3.63, 3.8) is 0 Å². The molecule has 0 radical (unpaired) electrons. The molecule has 116 valence electrons. The Morgan fingerprint density at radius 1 is 1.18 bits per heavy atom. The molecule has 0 bridgehead atoms. The molecule has 0 heterocycles. The molecule has 0 aliphatic carbocycles. The average molecular weight is 319 g/mol. The standard InChI is InChI=1S/C17H19ClN2O2/c1-11-3-8-15(12(2)9-11)19-17(22)20-16(10-21)13-4-6-14(18)7-5-13/h3-9,16,21H,10H2,1-2H3,(H2,19,20,22). The Morgan fingerprint density at radius 3 is 2.45 bits per heavy atom. The quantitative estimate of drug-likeness (QED) is 0.802. The van der Waals surface area contributed by atoms with E-state index in [0.717, 1.165) is 22.4 Å². The predicted octanol–water partition coefficient (Wildman–Crippen LogP) is 3.81. The summed E-state index contributed by atoms with van der Waals surface area (Å²) in [5.74, 6) is 0. The Morgan fingerprint density at radius 2 is 1.86 bits per heavy atom. The predicted molar refractivity (Wildman–Crippen MR) is 89.3 cm³/mol. The Kier molecular flexibility index (Phi) is 5.41. The van der Waals surface area contributed by atoms with Crippen molar-refractivity contribution >= 4 is 23.3 Å². The normalized spacial score (nSPS) is 11.8. The highest BCUT2D eigenvalue weighted by molar-refractivity contribution is 6.30. The van der Waals surface area contributed by atoms with E-state index >= 15 is 0 Å². The lowest BCUT2D eigenvalue weighted by molar-refractivity contribution is 0.225. The SMILES string of the molecule is Cc1ccc(NC(=O)NC(CO)c2ccc(Cl)cc2)c(C)c1. The third-order valence-electron chi connectivity index (χ3n) is 3.39. The zero-order valence-electron chi connectivity index (χ0n) is 12.6. The Balaban J connectivity index is 2.04. The number of aliphatic hydroxyl groups excluding tert-OH is 1. The van der Waals surface area contributed by atoms with Gasteiger partial charge in [-0.25, -0.2) is 4.79 Å². The van der Waals surface area contributed by atoms with Gasteiger partial charge in [0.1, 0.15) is 0 Å². The van der Waals surface area contributed by atoms with E-state index in [0.29, 0.717) is 5.02 Å². The molecule has 2 aromatic carbocycles. The minimum atomic E-state index is -0.483. The molecule has 0 fully saturated rings. The summed E-state index contributed by atoms with van der Waals surface area (Å²) in [6, 6.07) is 12.0. The number of carbonyl (C=O) groups excluding carboxylic acids is 1. The van der Waals surface area contributed by atoms with Crippen molar-refractivity contribution in [3.05, 3.63) is 64.2 Å². The first-order valence-corrected chi connectivity index (χ1v) is 7.38. The molecule has 2 amide bonds. The molecule has 0 spiro atoms. The number of hydrogen-bond acceptors (Lipinski definition) is 2. The maximum absolute atomic E-state index is 12.1. The lowest BCUT2D eigenvalue weighted by Gasteiger charge is -2.18. The van der Waals surface area contributed by atoms with E-state index in [1.807, 2.05) is 32.0 Å². The summed E-state index contributed by atoms with van der Waals surface area (Å²) in [5.41, 5.74) is 3.67. The molecule has 4 nitrogen and oxygen atoms in total. The summed E-state index contributed by atoms with van der Waals surface area (Å²) < 4.78 is 0. The van der Waals surface area contributed by atoms with E-state index in [2.05, 4.69) is 10.6 Å². The van der Waals surface area contributed by atoms with Crippen LogP contribution >= 0.6 is 11.6 Å². The molecule has 0 aliphatic heterocycles. The molecule has 1 unspecified atom stereocenters. The average Bonchev–Trinajstić information content (AvgIpc) is 2.49. The van der Waals surface area contributed by atoms with Crippen LogP contribution in [0.5, 0.6) is 0 Å². The summed E-state index contributed by atoms with van der Waals surface area (Å²) in [7, 11) is 0. The van der Waals surface area contributed by atoms with Gasteiger partial charge >= 0.3 is 6.03 Å². The van der Waals surface area contributed by atoms with Crippen LogP contribution in [0.15, 0.2) is 42.5 Å². The summed E-state index contributed by atoms with van der Waals surface area (Å²) in [6.45, 7) is 3.74. The van der Waals surface area contributed by atoms with Gasteiger partial charge in [0.05, 0.1) is 12.6 Å². The minimum Gasteiger partial charge on any atom is -0.394 e. The van der Waals surface area contributed by atoms with Gasteiger partial charge in [-0.2, -0.15) is 0 Å². The number of rotatable bonds is 4. The van der Waals surface area contributed by atoms with Gasteiger partial charge in [0.15, 0.2) is 0 Å². The molecule has 0 saturated carbocycles. The molecule has 3 N–H and O–H groups in total. The maximum atomic E-state index is 12.1. The van der Waals surface area contributed by atoms with Crippen LogP contribution in [0.3, 0.4) is 0 Å². The molecule has 0 aliphatic rings. The second-order valence-electron chi connectivity index (χ2n) is 5.20. The lowest BCUT2D eigenvalue weighted by Crippen LogP contribution is -2.34. The van der Waals surface area contributed by atoms with Gasteiger partial charge in [-0.15, -0.1) is 0 Å². The third kappa shape index (κ3) is 4.23. The minimum absolute atomic E-state index is 0.193. The first-order chi connectivity index (χ1) is 10.5. The zero-order chi connectivity index (χ0) is 16.1. The second kappa shape index (κ2) is 7.29. The molecule has 2 rings (SSSR count). The fourth-order valence-electron chi connectivity index (χ4n) is 2.20. The van der Waals surface area contributed by atoms with E-state index in [1.165, 1.54) is 0 Å². The van der Waals surface area contributed by atoms with Crippen LogP contribution < -0.4 is 10.6 Å². The van der Waals surface area contributed by atoms with Gasteiger partial charge in [0.2, 0.25) is 0 Å². The number of amides is 2. The summed E-state index contributed by atoms with van der Waals surface area (Å²) in [4.78, 5) is 12.1. The summed E-state index contributed by atoms with van der Waals surface area (Å²) in [6.07, 6.45) is 0. The van der Waals surface area contributed by atoms with Gasteiger partial charge in [0, 0.05) is 10.7 Å². The topological polar surface area (TPSA) is 61.4 Å². The van der Waals surface area contributed by atoms with E-state index in [-0.39, 0.29) is 12.6 Å². The smallest absolute Gasteiger partial charge is 0.319 e. The number of anilines is 1. The number of carbonyl (C=O) groups is 1. The largest absolute Gasteiger partial charge is 0.394 e. The Bertz CT molecular complexity index is 656. The zero-order valence-corrected chi connectivity index (χ0v) is 13.3. The monoisotopic (exact) mass is 318 g/mol. The first kappa shape index (κ1) is 16.3. The number of halogens is 1. The van der Waals surface area contributed by atoms with E-state index in [4.69, 9.17) is 11.6 Å². The maximum Gasteiger partial charge on any atom is 0.319 e. The highest BCUT2D eigenvalue weighted by Gasteiger charge is 2.14. The third-order valence-corrected chi connectivity index (χ3v) is 3.64. The highest BCUT2D eigenvalue weighted by atomic mass is 35.5. The molecular weight excluding hydrogens is 300 g/mol. The highest BCUT2D eigenvalue weighted by Crippen LogP contribution is 2.18. The van der Waals surface area contributed by atoms with Gasteiger partial charge < -0.3 is 15.7 Å². The van der Waals surface area contributed by atoms with Crippen LogP contribution in [0.4, 0.5) is 10.5 Å². The lowest BCUT2D eigenvalue weighted by atomic mass is 10.1. The fourth-order valence-corrected chi connectivity index (χ4v) is 2.33. The molecule has 1 atom stereocenters. The van der Waals surface area contributed by atoms with Crippen LogP contribution in [-0.4, -0.2) is 17.7 Å². The summed E-state index contributed by atoms with van der Waals surface area (Å²) in [5, 5.41) is 15.6. The van der Waals surface area contributed by atoms with Crippen LogP contribution in [0.25, 0.3) is 0 Å². The Hall–Kier alpha value is -2.04. The van der Waals surface area contributed by atoms with Gasteiger partial charge in [-0.3, -0.25) is 0 Å². The van der Waals surface area contributed by atoms with Gasteiger partial charge in [0.25, 0.3) is 0 Å². The van der Waals surface area contributed by atoms with Crippen molar-refractivity contribution in [1.29, 1.82) is 0 Å². The Labute approximate surface area is 135 Å². The van der Waals surface area contributed by atoms with Crippen molar-refractivity contribution in [1.82, 2.24) is 5.32 Å². The number of aryl methyl sites for hydroxylation is 2. The van der Waals surface area contributed by atoms with E-state index in [1.54, 1.807) is 24.3 Å². The van der Waals surface area contributed by atoms with Crippen molar-refractivity contribution in [2.24, 2.45) is 0 Å². The van der Waals surface area contributed by atoms with Crippen molar-refractivity contribution < 1.29 is 9.90 Å². The molecule has 0 aromatic heterocycles. The molecule has 22 heavy (non-hydrogen) atoms. The van der Waals surface area contributed by atoms with Crippen LogP contribution in [0.2, 0.25) is 5.02 Å². The van der Waals surface area contributed by atoms with Crippen LogP contribution in [0, 0.1) is 13.8 Å². The van der Waals surface area contributed by atoms with Crippen LogP contribution in [0.1, 0.15) is 22.7 Å². The number of benzene rings is 2. The molecule has 0 saturated heterocycles. The molecule has 5 heteroatoms. The van der Waals surface area contributed by atoms with Crippen molar-refractivity contribution in [2.45, 2.75) is 19.9 Å². The number of urea groups is 1. The van der Waals surface area contributed by atoms with Crippen molar-refractivity contribution in [3.8, 4) is 0 Å². The second-order valence-corrected chi connectivity index (χ2v) is 5.64. The fraction of sp³-hybridized carbons (Fsp3) is 0.235. The van der Waals surface area contributed by atoms with Crippen molar-refractivity contribution in [2.75, 3.05) is 11.9 Å². The van der Waals surface area contributed by atoms with Gasteiger partial charge in [-0.05, 0) is 43.2 Å². The molecule has 2 aromatic rings.